The molecule has 0 radical (unpaired) electrons. The second-order valence-electron chi connectivity index (χ2n) is 7.54. The highest BCUT2D eigenvalue weighted by Crippen LogP contribution is 2.21. The van der Waals surface area contributed by atoms with Crippen LogP contribution in [-0.4, -0.2) is 27.4 Å². The van der Waals surface area contributed by atoms with E-state index in [2.05, 4.69) is 27.1 Å². The average Bonchev–Trinajstić information content (AvgIpc) is 3.33. The first kappa shape index (κ1) is 20.9. The highest BCUT2D eigenvalue weighted by atomic mass is 32.2. The van der Waals surface area contributed by atoms with Crippen LogP contribution in [0.2, 0.25) is 0 Å². The maximum atomic E-state index is 12.6. The Morgan fingerprint density at radius 3 is 2.29 bits per heavy atom. The van der Waals surface area contributed by atoms with Crippen LogP contribution in [0.1, 0.15) is 28.8 Å². The van der Waals surface area contributed by atoms with Gasteiger partial charge in [-0.2, -0.15) is 0 Å². The minimum Gasteiger partial charge on any atom is -0.372 e. The first-order valence-electron chi connectivity index (χ1n) is 10.3. The first-order chi connectivity index (χ1) is 15.0. The molecule has 7 heteroatoms. The number of benzene rings is 3. The molecule has 1 aliphatic rings. The summed E-state index contributed by atoms with van der Waals surface area (Å²) in [6.45, 7) is 2.60. The summed E-state index contributed by atoms with van der Waals surface area (Å²) < 4.78 is 27.5. The van der Waals surface area contributed by atoms with Crippen molar-refractivity contribution in [2.24, 2.45) is 0 Å². The normalized spacial score (nSPS) is 13.7. The number of carbonyl (C=O) groups is 1. The highest BCUT2D eigenvalue weighted by molar-refractivity contribution is 7.92. The minimum absolute atomic E-state index is 0.169. The van der Waals surface area contributed by atoms with E-state index in [1.807, 2.05) is 12.1 Å². The van der Waals surface area contributed by atoms with E-state index in [0.717, 1.165) is 18.7 Å². The molecule has 160 valence electrons. The van der Waals surface area contributed by atoms with E-state index in [-0.39, 0.29) is 10.8 Å². The average molecular weight is 436 g/mol. The molecule has 2 N–H and O–H groups in total. The summed E-state index contributed by atoms with van der Waals surface area (Å²) in [6, 6.07) is 22.8. The smallest absolute Gasteiger partial charge is 0.261 e. The van der Waals surface area contributed by atoms with Gasteiger partial charge in [0.1, 0.15) is 0 Å². The summed E-state index contributed by atoms with van der Waals surface area (Å²) in [7, 11) is -3.71. The number of carbonyl (C=O) groups excluding carboxylic acids is 1. The molecule has 1 amide bonds. The number of nitrogens with one attached hydrogen (secondary N) is 2. The first-order valence-corrected chi connectivity index (χ1v) is 11.8. The summed E-state index contributed by atoms with van der Waals surface area (Å²) in [4.78, 5) is 15.1. The van der Waals surface area contributed by atoms with E-state index in [0.29, 0.717) is 17.8 Å². The Bertz CT molecular complexity index is 1140. The van der Waals surface area contributed by atoms with Crippen LogP contribution in [-0.2, 0) is 16.6 Å². The molecule has 0 bridgehead atoms. The van der Waals surface area contributed by atoms with E-state index < -0.39 is 10.0 Å². The predicted octanol–water partition coefficient (Wildman–Crippen LogP) is 4.02. The van der Waals surface area contributed by atoms with Crippen LogP contribution >= 0.6 is 0 Å². The summed E-state index contributed by atoms with van der Waals surface area (Å²) in [5.41, 5.74) is 2.96. The third-order valence-electron chi connectivity index (χ3n) is 5.29. The predicted molar refractivity (Wildman–Crippen MR) is 123 cm³/mol. The number of hydrogen-bond acceptors (Lipinski definition) is 4. The topological polar surface area (TPSA) is 78.5 Å². The summed E-state index contributed by atoms with van der Waals surface area (Å²) in [5, 5.41) is 2.90. The quantitative estimate of drug-likeness (QED) is 0.588. The highest BCUT2D eigenvalue weighted by Gasteiger charge is 2.15. The number of anilines is 2. The second-order valence-corrected chi connectivity index (χ2v) is 9.23. The van der Waals surface area contributed by atoms with Gasteiger partial charge < -0.3 is 10.2 Å². The summed E-state index contributed by atoms with van der Waals surface area (Å²) >= 11 is 0. The molecule has 1 heterocycles. The van der Waals surface area contributed by atoms with Gasteiger partial charge in [0.25, 0.3) is 15.9 Å². The Labute approximate surface area is 183 Å². The van der Waals surface area contributed by atoms with Gasteiger partial charge >= 0.3 is 0 Å². The largest absolute Gasteiger partial charge is 0.372 e. The maximum Gasteiger partial charge on any atom is 0.261 e. The maximum absolute atomic E-state index is 12.6. The fourth-order valence-electron chi connectivity index (χ4n) is 3.62. The molecular formula is C24H25N3O3S. The molecule has 31 heavy (non-hydrogen) atoms. The Morgan fingerprint density at radius 2 is 1.58 bits per heavy atom. The van der Waals surface area contributed by atoms with Gasteiger partial charge in [-0.05, 0) is 60.9 Å². The van der Waals surface area contributed by atoms with E-state index in [4.69, 9.17) is 0 Å². The minimum atomic E-state index is -3.71. The number of rotatable bonds is 7. The molecule has 3 aromatic rings. The number of nitrogens with zero attached hydrogens (tertiary/aromatic N) is 1. The number of hydrogen-bond donors (Lipinski definition) is 2. The molecule has 0 spiro atoms. The van der Waals surface area contributed by atoms with E-state index in [1.54, 1.807) is 36.4 Å². The lowest BCUT2D eigenvalue weighted by Crippen LogP contribution is -2.23. The Hall–Kier alpha value is -3.32. The zero-order chi connectivity index (χ0) is 21.7. The van der Waals surface area contributed by atoms with Gasteiger partial charge in [0.05, 0.1) is 4.90 Å². The summed E-state index contributed by atoms with van der Waals surface area (Å²) in [6.07, 6.45) is 2.47. The van der Waals surface area contributed by atoms with Gasteiger partial charge in [-0.25, -0.2) is 8.42 Å². The van der Waals surface area contributed by atoms with E-state index >= 15 is 0 Å². The van der Waals surface area contributed by atoms with Crippen molar-refractivity contribution in [3.05, 3.63) is 90.0 Å². The zero-order valence-corrected chi connectivity index (χ0v) is 17.9. The van der Waals surface area contributed by atoms with Crippen molar-refractivity contribution in [1.82, 2.24) is 5.32 Å². The van der Waals surface area contributed by atoms with Crippen molar-refractivity contribution in [3.8, 4) is 0 Å². The van der Waals surface area contributed by atoms with Crippen LogP contribution in [0.15, 0.2) is 83.8 Å². The van der Waals surface area contributed by atoms with Gasteiger partial charge in [0.15, 0.2) is 0 Å². The fraction of sp³-hybridized carbons (Fsp3) is 0.208. The molecule has 3 aromatic carbocycles. The Morgan fingerprint density at radius 1 is 0.871 bits per heavy atom. The molecule has 0 saturated carbocycles. The lowest BCUT2D eigenvalue weighted by Gasteiger charge is -2.17. The second kappa shape index (κ2) is 9.22. The fourth-order valence-corrected chi connectivity index (χ4v) is 4.69. The van der Waals surface area contributed by atoms with Crippen molar-refractivity contribution >= 4 is 27.3 Å². The molecule has 1 fully saturated rings. The third kappa shape index (κ3) is 5.24. The lowest BCUT2D eigenvalue weighted by molar-refractivity contribution is 0.0951. The molecular weight excluding hydrogens is 410 g/mol. The van der Waals surface area contributed by atoms with Gasteiger partial charge in [-0.1, -0.05) is 36.4 Å². The standard InChI is InChI=1S/C24H25N3O3S/c28-24(25-18-19-11-13-22(14-12-19)27-15-4-5-16-27)20-7-6-8-21(17-20)26-31(29,30)23-9-2-1-3-10-23/h1-3,6-14,17,26H,4-5,15-16,18H2,(H,25,28). The molecule has 4 rings (SSSR count). The van der Waals surface area contributed by atoms with Crippen molar-refractivity contribution in [2.45, 2.75) is 24.3 Å². The van der Waals surface area contributed by atoms with Gasteiger partial charge in [-0.15, -0.1) is 0 Å². The van der Waals surface area contributed by atoms with Crippen LogP contribution < -0.4 is 14.9 Å². The van der Waals surface area contributed by atoms with Gasteiger partial charge in [0.2, 0.25) is 0 Å². The van der Waals surface area contributed by atoms with Gasteiger partial charge in [0, 0.05) is 36.6 Å². The molecule has 1 aliphatic heterocycles. The third-order valence-corrected chi connectivity index (χ3v) is 6.69. The van der Waals surface area contributed by atoms with Crippen molar-refractivity contribution in [1.29, 1.82) is 0 Å². The SMILES string of the molecule is O=C(NCc1ccc(N2CCCC2)cc1)c1cccc(NS(=O)(=O)c2ccccc2)c1. The van der Waals surface area contributed by atoms with E-state index in [9.17, 15) is 13.2 Å². The van der Waals surface area contributed by atoms with E-state index in [1.165, 1.54) is 36.7 Å². The van der Waals surface area contributed by atoms with Crippen molar-refractivity contribution in [2.75, 3.05) is 22.7 Å². The Balaban J connectivity index is 1.38. The number of sulfonamides is 1. The molecule has 0 unspecified atom stereocenters. The summed E-state index contributed by atoms with van der Waals surface area (Å²) in [5.74, 6) is -0.260. The van der Waals surface area contributed by atoms with Crippen LogP contribution in [0.4, 0.5) is 11.4 Å². The monoisotopic (exact) mass is 435 g/mol. The van der Waals surface area contributed by atoms with Crippen LogP contribution in [0.5, 0.6) is 0 Å². The van der Waals surface area contributed by atoms with Crippen molar-refractivity contribution < 1.29 is 13.2 Å². The van der Waals surface area contributed by atoms with Gasteiger partial charge in [-0.3, -0.25) is 9.52 Å². The van der Waals surface area contributed by atoms with Crippen molar-refractivity contribution in [3.63, 3.8) is 0 Å². The number of amides is 1. The lowest BCUT2D eigenvalue weighted by atomic mass is 10.1. The molecule has 0 atom stereocenters. The van der Waals surface area contributed by atoms with Crippen LogP contribution in [0, 0.1) is 0 Å². The molecule has 0 aliphatic carbocycles. The molecule has 1 saturated heterocycles. The Kier molecular flexibility index (Phi) is 6.23. The molecule has 0 aromatic heterocycles. The zero-order valence-electron chi connectivity index (χ0n) is 17.1. The van der Waals surface area contributed by atoms with Crippen LogP contribution in [0.3, 0.4) is 0 Å². The molecule has 6 nitrogen and oxygen atoms in total. The van der Waals surface area contributed by atoms with Crippen LogP contribution in [0.25, 0.3) is 0 Å².